The lowest BCUT2D eigenvalue weighted by atomic mass is 11.0. The summed E-state index contributed by atoms with van der Waals surface area (Å²) in [4.78, 5) is 0. The predicted molar refractivity (Wildman–Crippen MR) is 32.6 cm³/mol. The summed E-state index contributed by atoms with van der Waals surface area (Å²) in [6, 6.07) is 0. The van der Waals surface area contributed by atoms with Crippen LogP contribution in [0.3, 0.4) is 0 Å². The van der Waals surface area contributed by atoms with Crippen molar-refractivity contribution in [1.29, 1.82) is 0 Å². The monoisotopic (exact) mass is 136 g/mol. The van der Waals surface area contributed by atoms with Gasteiger partial charge in [-0.1, -0.05) is 6.58 Å². The molecule has 3 heteroatoms. The van der Waals surface area contributed by atoms with Crippen LogP contribution in [0.15, 0.2) is 17.7 Å². The largest absolute Gasteiger partial charge is 0.253 e. The van der Waals surface area contributed by atoms with Crippen LogP contribution >= 0.6 is 11.6 Å². The molecule has 0 heterocycles. The Bertz CT molecular complexity index is 115. The van der Waals surface area contributed by atoms with Gasteiger partial charge >= 0.3 is 0 Å². The lowest BCUT2D eigenvalue weighted by Gasteiger charge is -1.76. The summed E-state index contributed by atoms with van der Waals surface area (Å²) in [6.45, 7) is 3.22. The molecule has 40 valence electrons. The molecule has 0 amide bonds. The average Bonchev–Trinajstić information content (AvgIpc) is 1.68. The molecule has 1 unspecified atom stereocenters. The second-order valence-electron chi connectivity index (χ2n) is 0.812. The number of halogens is 1. The first-order valence-corrected chi connectivity index (χ1v) is 3.52. The first-order valence-electron chi connectivity index (χ1n) is 1.60. The van der Waals surface area contributed by atoms with Gasteiger partial charge < -0.3 is 0 Å². The third-order valence-electron chi connectivity index (χ3n) is 0.322. The zero-order chi connectivity index (χ0) is 5.70. The third-order valence-corrected chi connectivity index (χ3v) is 1.61. The minimum atomic E-state index is -1.06. The number of hydrogen-bond acceptors (Lipinski definition) is 1. The molecular formula is C4H5ClOS. The van der Waals surface area contributed by atoms with Gasteiger partial charge in [0.15, 0.2) is 0 Å². The summed E-state index contributed by atoms with van der Waals surface area (Å²) in [5.41, 5.74) is 2.36. The van der Waals surface area contributed by atoms with Gasteiger partial charge in [-0.05, 0) is 0 Å². The van der Waals surface area contributed by atoms with E-state index in [4.69, 9.17) is 11.6 Å². The molecule has 0 aliphatic carbocycles. The molecule has 0 spiro atoms. The van der Waals surface area contributed by atoms with Crippen molar-refractivity contribution in [2.75, 3.05) is 5.21 Å². The number of rotatable bonds is 2. The van der Waals surface area contributed by atoms with Gasteiger partial charge in [-0.3, -0.25) is 4.21 Å². The van der Waals surface area contributed by atoms with E-state index < -0.39 is 10.8 Å². The van der Waals surface area contributed by atoms with Crippen LogP contribution in [-0.4, -0.2) is 9.42 Å². The normalized spacial score (nSPS) is 12.1. The quantitative estimate of drug-likeness (QED) is 0.412. The van der Waals surface area contributed by atoms with E-state index in [1.165, 1.54) is 5.41 Å². The van der Waals surface area contributed by atoms with Gasteiger partial charge in [-0.2, -0.15) is 0 Å². The summed E-state index contributed by atoms with van der Waals surface area (Å²) < 4.78 is 10.2. The van der Waals surface area contributed by atoms with Gasteiger partial charge in [0.1, 0.15) is 5.21 Å². The molecule has 0 aliphatic heterocycles. The van der Waals surface area contributed by atoms with Crippen LogP contribution in [-0.2, 0) is 10.8 Å². The highest BCUT2D eigenvalue weighted by atomic mass is 35.5. The molecule has 0 saturated heterocycles. The van der Waals surface area contributed by atoms with Gasteiger partial charge in [0.2, 0.25) is 0 Å². The van der Waals surface area contributed by atoms with Gasteiger partial charge in [-0.15, -0.1) is 17.3 Å². The van der Waals surface area contributed by atoms with E-state index in [1.54, 1.807) is 0 Å². The van der Waals surface area contributed by atoms with Crippen molar-refractivity contribution < 1.29 is 4.21 Å². The second kappa shape index (κ2) is 4.13. The molecule has 1 atom stereocenters. The lowest BCUT2D eigenvalue weighted by Crippen LogP contribution is -1.79. The van der Waals surface area contributed by atoms with Gasteiger partial charge in [0, 0.05) is 5.41 Å². The zero-order valence-electron chi connectivity index (χ0n) is 3.69. The highest BCUT2D eigenvalue weighted by Crippen LogP contribution is 1.84. The molecule has 0 radical (unpaired) electrons. The maximum Gasteiger partial charge on any atom is 0.103 e. The van der Waals surface area contributed by atoms with E-state index >= 15 is 0 Å². The lowest BCUT2D eigenvalue weighted by molar-refractivity contribution is 0.691. The molecular weight excluding hydrogens is 132 g/mol. The van der Waals surface area contributed by atoms with Crippen LogP contribution in [0.25, 0.3) is 0 Å². The molecule has 1 nitrogen and oxygen atoms in total. The van der Waals surface area contributed by atoms with E-state index in [2.05, 4.69) is 12.3 Å². The maximum absolute atomic E-state index is 10.2. The SMILES string of the molecule is C=C=CS(=O)CCl. The molecule has 0 rings (SSSR count). The van der Waals surface area contributed by atoms with E-state index in [-0.39, 0.29) is 5.21 Å². The summed E-state index contributed by atoms with van der Waals surface area (Å²) in [7, 11) is -1.06. The van der Waals surface area contributed by atoms with E-state index in [0.29, 0.717) is 0 Å². The van der Waals surface area contributed by atoms with E-state index in [0.717, 1.165) is 0 Å². The fourth-order valence-electron chi connectivity index (χ4n) is 0.124. The van der Waals surface area contributed by atoms with Crippen LogP contribution in [0.2, 0.25) is 0 Å². The molecule has 0 N–H and O–H groups in total. The topological polar surface area (TPSA) is 17.1 Å². The molecule has 0 aromatic heterocycles. The standard InChI is InChI=1S/C4H5ClOS/c1-2-3-7(6)4-5/h3H,1,4H2. The summed E-state index contributed by atoms with van der Waals surface area (Å²) in [5.74, 6) is 0. The van der Waals surface area contributed by atoms with Crippen molar-refractivity contribution >= 4 is 22.4 Å². The molecule has 7 heavy (non-hydrogen) atoms. The summed E-state index contributed by atoms with van der Waals surface area (Å²) in [6.07, 6.45) is 0. The molecule has 0 fully saturated rings. The van der Waals surface area contributed by atoms with Gasteiger partial charge in [0.05, 0.1) is 10.8 Å². The smallest absolute Gasteiger partial charge is 0.103 e. The first-order chi connectivity index (χ1) is 3.31. The van der Waals surface area contributed by atoms with Crippen molar-refractivity contribution in [3.63, 3.8) is 0 Å². The zero-order valence-corrected chi connectivity index (χ0v) is 5.26. The molecule has 0 saturated carbocycles. The molecule has 0 aromatic carbocycles. The summed E-state index contributed by atoms with van der Waals surface area (Å²) >= 11 is 5.13. The van der Waals surface area contributed by atoms with Crippen molar-refractivity contribution in [1.82, 2.24) is 0 Å². The van der Waals surface area contributed by atoms with Crippen LogP contribution in [0, 0.1) is 0 Å². The average molecular weight is 137 g/mol. The van der Waals surface area contributed by atoms with Gasteiger partial charge in [-0.25, -0.2) is 0 Å². The summed E-state index contributed by atoms with van der Waals surface area (Å²) in [5, 5.41) is 1.45. The second-order valence-corrected chi connectivity index (χ2v) is 2.68. The van der Waals surface area contributed by atoms with Crippen molar-refractivity contribution in [2.24, 2.45) is 0 Å². The van der Waals surface area contributed by atoms with Crippen LogP contribution in [0.1, 0.15) is 0 Å². The fraction of sp³-hybridized carbons (Fsp3) is 0.250. The molecule has 0 aliphatic rings. The first kappa shape index (κ1) is 6.96. The van der Waals surface area contributed by atoms with Gasteiger partial charge in [0.25, 0.3) is 0 Å². The van der Waals surface area contributed by atoms with Crippen LogP contribution in [0.5, 0.6) is 0 Å². The maximum atomic E-state index is 10.2. The number of hydrogen-bond donors (Lipinski definition) is 0. The Hall–Kier alpha value is -0.0400. The fourth-order valence-corrected chi connectivity index (χ4v) is 0.562. The third kappa shape index (κ3) is 3.80. The Balaban J connectivity index is 3.58. The van der Waals surface area contributed by atoms with E-state index in [9.17, 15) is 4.21 Å². The Morgan fingerprint density at radius 2 is 2.57 bits per heavy atom. The Morgan fingerprint density at radius 1 is 2.00 bits per heavy atom. The van der Waals surface area contributed by atoms with Crippen LogP contribution in [0.4, 0.5) is 0 Å². The van der Waals surface area contributed by atoms with E-state index in [1.807, 2.05) is 0 Å². The Kier molecular flexibility index (Phi) is 4.10. The van der Waals surface area contributed by atoms with Crippen molar-refractivity contribution in [2.45, 2.75) is 0 Å². The minimum Gasteiger partial charge on any atom is -0.253 e. The highest BCUT2D eigenvalue weighted by molar-refractivity contribution is 7.89. The van der Waals surface area contributed by atoms with Crippen LogP contribution < -0.4 is 0 Å². The molecule has 0 aromatic rings. The van der Waals surface area contributed by atoms with Crippen molar-refractivity contribution in [3.8, 4) is 0 Å². The Morgan fingerprint density at radius 3 is 2.71 bits per heavy atom. The van der Waals surface area contributed by atoms with Crippen molar-refractivity contribution in [3.05, 3.63) is 17.7 Å². The minimum absolute atomic E-state index is 0.127. The number of alkyl halides is 1. The Labute approximate surface area is 50.1 Å². The predicted octanol–water partition coefficient (Wildman–Crippen LogP) is 1.23. The highest BCUT2D eigenvalue weighted by Gasteiger charge is 1.82. The molecule has 0 bridgehead atoms.